The van der Waals surface area contributed by atoms with Gasteiger partial charge in [0, 0.05) is 18.1 Å². The molecule has 0 aliphatic carbocycles. The van der Waals surface area contributed by atoms with Crippen molar-refractivity contribution in [1.29, 1.82) is 0 Å². The first-order chi connectivity index (χ1) is 12.6. The highest BCUT2D eigenvalue weighted by Crippen LogP contribution is 2.24. The van der Waals surface area contributed by atoms with Gasteiger partial charge in [-0.05, 0) is 42.7 Å². The number of urea groups is 1. The van der Waals surface area contributed by atoms with Crippen molar-refractivity contribution in [2.24, 2.45) is 0 Å². The molecule has 2 amide bonds. The standard InChI is InChI=1S/C21H24N4O/c1-3-21(2,18-10-5-4-6-11-18)24-20(26)23-19-12-7-9-17(15-19)16-25-14-8-13-22-25/h4-15H,3,16H2,1-2H3,(H2,23,24,26). The predicted molar refractivity (Wildman–Crippen MR) is 104 cm³/mol. The van der Waals surface area contributed by atoms with Crippen molar-refractivity contribution >= 4 is 11.7 Å². The van der Waals surface area contributed by atoms with Gasteiger partial charge in [-0.3, -0.25) is 4.68 Å². The van der Waals surface area contributed by atoms with E-state index in [0.29, 0.717) is 6.54 Å². The van der Waals surface area contributed by atoms with Crippen LogP contribution in [0.5, 0.6) is 0 Å². The van der Waals surface area contributed by atoms with E-state index >= 15 is 0 Å². The SMILES string of the molecule is CCC(C)(NC(=O)Nc1cccc(Cn2cccn2)c1)c1ccccc1. The molecule has 0 radical (unpaired) electrons. The molecule has 0 aliphatic rings. The highest BCUT2D eigenvalue weighted by atomic mass is 16.2. The number of aromatic nitrogens is 2. The summed E-state index contributed by atoms with van der Waals surface area (Å²) >= 11 is 0. The van der Waals surface area contributed by atoms with Crippen LogP contribution in [0, 0.1) is 0 Å². The Morgan fingerprint density at radius 3 is 2.62 bits per heavy atom. The highest BCUT2D eigenvalue weighted by molar-refractivity contribution is 5.89. The molecular formula is C21H24N4O. The summed E-state index contributed by atoms with van der Waals surface area (Å²) in [4.78, 5) is 12.5. The Morgan fingerprint density at radius 1 is 1.12 bits per heavy atom. The third-order valence-corrected chi connectivity index (χ3v) is 4.60. The van der Waals surface area contributed by atoms with E-state index in [2.05, 4.69) is 22.7 Å². The molecule has 1 heterocycles. The number of benzene rings is 2. The van der Waals surface area contributed by atoms with E-state index < -0.39 is 5.54 Å². The molecule has 0 bridgehead atoms. The Balaban J connectivity index is 1.68. The molecule has 0 aliphatic heterocycles. The van der Waals surface area contributed by atoms with Gasteiger partial charge >= 0.3 is 6.03 Å². The van der Waals surface area contributed by atoms with Crippen molar-refractivity contribution in [3.05, 3.63) is 84.2 Å². The van der Waals surface area contributed by atoms with Gasteiger partial charge in [0.25, 0.3) is 0 Å². The van der Waals surface area contributed by atoms with Gasteiger partial charge in [0.05, 0.1) is 12.1 Å². The summed E-state index contributed by atoms with van der Waals surface area (Å²) in [7, 11) is 0. The van der Waals surface area contributed by atoms with Gasteiger partial charge < -0.3 is 10.6 Å². The summed E-state index contributed by atoms with van der Waals surface area (Å²) in [5, 5.41) is 10.3. The number of hydrogen-bond acceptors (Lipinski definition) is 2. The lowest BCUT2D eigenvalue weighted by molar-refractivity contribution is 0.238. The lowest BCUT2D eigenvalue weighted by Gasteiger charge is -2.30. The van der Waals surface area contributed by atoms with Crippen molar-refractivity contribution < 1.29 is 4.79 Å². The largest absolute Gasteiger partial charge is 0.329 e. The lowest BCUT2D eigenvalue weighted by atomic mass is 9.89. The minimum Gasteiger partial charge on any atom is -0.329 e. The van der Waals surface area contributed by atoms with Gasteiger partial charge in [-0.15, -0.1) is 0 Å². The van der Waals surface area contributed by atoms with E-state index in [1.54, 1.807) is 6.20 Å². The zero-order valence-corrected chi connectivity index (χ0v) is 15.1. The van der Waals surface area contributed by atoms with Crippen LogP contribution in [0.3, 0.4) is 0 Å². The predicted octanol–water partition coefficient (Wildman–Crippen LogP) is 4.38. The van der Waals surface area contributed by atoms with Crippen molar-refractivity contribution in [2.45, 2.75) is 32.4 Å². The summed E-state index contributed by atoms with van der Waals surface area (Å²) in [5.74, 6) is 0. The molecule has 26 heavy (non-hydrogen) atoms. The summed E-state index contributed by atoms with van der Waals surface area (Å²) < 4.78 is 1.85. The van der Waals surface area contributed by atoms with Crippen molar-refractivity contribution in [3.63, 3.8) is 0 Å². The summed E-state index contributed by atoms with van der Waals surface area (Å²) in [5.41, 5.74) is 2.51. The van der Waals surface area contributed by atoms with Crippen LogP contribution in [-0.2, 0) is 12.1 Å². The van der Waals surface area contributed by atoms with Gasteiger partial charge in [-0.25, -0.2) is 4.79 Å². The molecule has 3 aromatic rings. The van der Waals surface area contributed by atoms with Crippen LogP contribution in [0.2, 0.25) is 0 Å². The van der Waals surface area contributed by atoms with Crippen LogP contribution in [0.4, 0.5) is 10.5 Å². The summed E-state index contributed by atoms with van der Waals surface area (Å²) in [6, 6.07) is 19.5. The second kappa shape index (κ2) is 7.87. The molecule has 1 atom stereocenters. The molecule has 0 fully saturated rings. The second-order valence-corrected chi connectivity index (χ2v) is 6.53. The first-order valence-corrected chi connectivity index (χ1v) is 8.80. The minimum absolute atomic E-state index is 0.213. The first kappa shape index (κ1) is 17.7. The molecule has 5 heteroatoms. The van der Waals surface area contributed by atoms with Crippen molar-refractivity contribution in [1.82, 2.24) is 15.1 Å². The third-order valence-electron chi connectivity index (χ3n) is 4.60. The van der Waals surface area contributed by atoms with E-state index in [9.17, 15) is 4.79 Å². The quantitative estimate of drug-likeness (QED) is 0.694. The Labute approximate surface area is 154 Å². The smallest absolute Gasteiger partial charge is 0.319 e. The first-order valence-electron chi connectivity index (χ1n) is 8.80. The van der Waals surface area contributed by atoms with Crippen LogP contribution in [-0.4, -0.2) is 15.8 Å². The number of hydrogen-bond donors (Lipinski definition) is 2. The molecule has 0 saturated heterocycles. The van der Waals surface area contributed by atoms with Crippen LogP contribution >= 0.6 is 0 Å². The van der Waals surface area contributed by atoms with Crippen molar-refractivity contribution in [2.75, 3.05) is 5.32 Å². The van der Waals surface area contributed by atoms with E-state index in [4.69, 9.17) is 0 Å². The summed E-state index contributed by atoms with van der Waals surface area (Å²) in [6.45, 7) is 4.77. The Morgan fingerprint density at radius 2 is 1.92 bits per heavy atom. The number of carbonyl (C=O) groups excluding carboxylic acids is 1. The Bertz CT molecular complexity index is 845. The number of anilines is 1. The van der Waals surface area contributed by atoms with Crippen LogP contribution in [0.15, 0.2) is 73.1 Å². The van der Waals surface area contributed by atoms with E-state index in [1.807, 2.05) is 78.5 Å². The van der Waals surface area contributed by atoms with Crippen LogP contribution in [0.1, 0.15) is 31.4 Å². The fourth-order valence-electron chi connectivity index (χ4n) is 2.91. The molecule has 134 valence electrons. The Hall–Kier alpha value is -3.08. The fraction of sp³-hybridized carbons (Fsp3) is 0.238. The number of nitrogens with zero attached hydrogens (tertiary/aromatic N) is 2. The molecule has 2 aromatic carbocycles. The Kier molecular flexibility index (Phi) is 5.37. The van der Waals surface area contributed by atoms with E-state index in [0.717, 1.165) is 23.2 Å². The van der Waals surface area contributed by atoms with Gasteiger partial charge in [-0.1, -0.05) is 49.4 Å². The third kappa shape index (κ3) is 4.30. The van der Waals surface area contributed by atoms with Crippen LogP contribution < -0.4 is 10.6 Å². The average molecular weight is 348 g/mol. The maximum Gasteiger partial charge on any atom is 0.319 e. The number of carbonyl (C=O) groups is 1. The molecule has 1 aromatic heterocycles. The second-order valence-electron chi connectivity index (χ2n) is 6.53. The maximum absolute atomic E-state index is 12.5. The molecule has 3 rings (SSSR count). The summed E-state index contributed by atoms with van der Waals surface area (Å²) in [6.07, 6.45) is 4.47. The van der Waals surface area contributed by atoms with Gasteiger partial charge in [0.15, 0.2) is 0 Å². The van der Waals surface area contributed by atoms with E-state index in [-0.39, 0.29) is 6.03 Å². The fourth-order valence-corrected chi connectivity index (χ4v) is 2.91. The maximum atomic E-state index is 12.5. The van der Waals surface area contributed by atoms with Gasteiger partial charge in [0.1, 0.15) is 0 Å². The number of amides is 2. The van der Waals surface area contributed by atoms with Crippen molar-refractivity contribution in [3.8, 4) is 0 Å². The number of rotatable bonds is 6. The topological polar surface area (TPSA) is 59.0 Å². The van der Waals surface area contributed by atoms with Crippen LogP contribution in [0.25, 0.3) is 0 Å². The normalized spacial score (nSPS) is 13.0. The molecule has 2 N–H and O–H groups in total. The molecular weight excluding hydrogens is 324 g/mol. The van der Waals surface area contributed by atoms with E-state index in [1.165, 1.54) is 0 Å². The molecule has 1 unspecified atom stereocenters. The zero-order chi connectivity index (χ0) is 18.4. The molecule has 0 saturated carbocycles. The zero-order valence-electron chi connectivity index (χ0n) is 15.1. The molecule has 5 nitrogen and oxygen atoms in total. The molecule has 0 spiro atoms. The van der Waals surface area contributed by atoms with Gasteiger partial charge in [-0.2, -0.15) is 5.10 Å². The monoisotopic (exact) mass is 348 g/mol. The van der Waals surface area contributed by atoms with Gasteiger partial charge in [0.2, 0.25) is 0 Å². The number of nitrogens with one attached hydrogen (secondary N) is 2. The highest BCUT2D eigenvalue weighted by Gasteiger charge is 2.26. The average Bonchev–Trinajstić information content (AvgIpc) is 3.15. The lowest BCUT2D eigenvalue weighted by Crippen LogP contribution is -2.45. The minimum atomic E-state index is -0.419.